The summed E-state index contributed by atoms with van der Waals surface area (Å²) in [5, 5.41) is 13.0. The van der Waals surface area contributed by atoms with Crippen LogP contribution in [0.3, 0.4) is 0 Å². The lowest BCUT2D eigenvalue weighted by Crippen LogP contribution is -2.30. The molecule has 1 aromatic carbocycles. The fourth-order valence-electron chi connectivity index (χ4n) is 1.96. The fraction of sp³-hybridized carbons (Fsp3) is 0.222. The van der Waals surface area contributed by atoms with E-state index in [2.05, 4.69) is 42.2 Å². The summed E-state index contributed by atoms with van der Waals surface area (Å²) < 4.78 is 7.33. The summed E-state index contributed by atoms with van der Waals surface area (Å²) in [7, 11) is 0. The molecule has 1 aromatic heterocycles. The summed E-state index contributed by atoms with van der Waals surface area (Å²) in [5.41, 5.74) is 1.19. The average Bonchev–Trinajstić information content (AvgIpc) is 2.60. The maximum absolute atomic E-state index is 12.0. The molecule has 0 aliphatic carbocycles. The highest BCUT2D eigenvalue weighted by Crippen LogP contribution is 2.28. The highest BCUT2D eigenvalue weighted by molar-refractivity contribution is 9.11. The summed E-state index contributed by atoms with van der Waals surface area (Å²) in [5.74, 6) is 0.518. The van der Waals surface area contributed by atoms with E-state index >= 15 is 0 Å². The molecule has 132 valence electrons. The third kappa shape index (κ3) is 6.61. The van der Waals surface area contributed by atoms with Crippen molar-refractivity contribution in [2.75, 3.05) is 13.2 Å². The Labute approximate surface area is 163 Å². The highest BCUT2D eigenvalue weighted by atomic mass is 79.9. The van der Waals surface area contributed by atoms with Crippen LogP contribution in [-0.2, 0) is 0 Å². The van der Waals surface area contributed by atoms with Gasteiger partial charge >= 0.3 is 0 Å². The molecule has 5 nitrogen and oxygen atoms in total. The van der Waals surface area contributed by atoms with Crippen molar-refractivity contribution in [3.8, 4) is 5.75 Å². The predicted molar refractivity (Wildman–Crippen MR) is 104 cm³/mol. The smallest absolute Gasteiger partial charge is 0.189 e. The van der Waals surface area contributed by atoms with Crippen LogP contribution >= 0.6 is 31.9 Å². The van der Waals surface area contributed by atoms with Gasteiger partial charge in [0.05, 0.1) is 4.47 Å². The van der Waals surface area contributed by atoms with E-state index in [-0.39, 0.29) is 18.9 Å². The largest absolute Gasteiger partial charge is 0.490 e. The molecule has 0 saturated heterocycles. The van der Waals surface area contributed by atoms with E-state index in [1.807, 2.05) is 18.2 Å². The van der Waals surface area contributed by atoms with Crippen LogP contribution in [0.2, 0.25) is 0 Å². The van der Waals surface area contributed by atoms with Crippen molar-refractivity contribution in [3.05, 3.63) is 69.0 Å². The fourth-order valence-corrected chi connectivity index (χ4v) is 3.12. The number of rotatable bonds is 8. The molecule has 0 fully saturated rings. The molecule has 0 saturated carbocycles. The van der Waals surface area contributed by atoms with Crippen LogP contribution in [0.5, 0.6) is 5.75 Å². The zero-order valence-corrected chi connectivity index (χ0v) is 16.7. The molecular weight excluding hydrogens is 452 g/mol. The molecule has 0 amide bonds. The predicted octanol–water partition coefficient (Wildman–Crippen LogP) is 3.72. The van der Waals surface area contributed by atoms with Gasteiger partial charge in [-0.3, -0.25) is 9.78 Å². The number of aliphatic hydroxyl groups excluding tert-OH is 1. The SMILES string of the molecule is CC(=CC(=O)c1cccnc1)NCC(O)COc1ccc(Br)cc1Br. The molecule has 2 aromatic rings. The van der Waals surface area contributed by atoms with Crippen LogP contribution in [0.4, 0.5) is 0 Å². The van der Waals surface area contributed by atoms with Gasteiger partial charge in [0.2, 0.25) is 0 Å². The maximum Gasteiger partial charge on any atom is 0.189 e. The van der Waals surface area contributed by atoms with Gasteiger partial charge in [-0.25, -0.2) is 0 Å². The second-order valence-corrected chi connectivity index (χ2v) is 7.12. The molecular formula is C18H18Br2N2O3. The quantitative estimate of drug-likeness (QED) is 0.455. The Balaban J connectivity index is 1.80. The lowest BCUT2D eigenvalue weighted by atomic mass is 10.1. The maximum atomic E-state index is 12.0. The number of hydrogen-bond acceptors (Lipinski definition) is 5. The molecule has 0 aliphatic heterocycles. The third-order valence-electron chi connectivity index (χ3n) is 3.24. The zero-order chi connectivity index (χ0) is 18.2. The van der Waals surface area contributed by atoms with Crippen LogP contribution in [0.15, 0.2) is 63.4 Å². The van der Waals surface area contributed by atoms with Gasteiger partial charge in [0.25, 0.3) is 0 Å². The molecule has 25 heavy (non-hydrogen) atoms. The number of benzene rings is 1. The van der Waals surface area contributed by atoms with Crippen molar-refractivity contribution < 1.29 is 14.6 Å². The Kier molecular flexibility index (Phi) is 7.61. The number of halogens is 2. The van der Waals surface area contributed by atoms with Gasteiger partial charge in [0.15, 0.2) is 5.78 Å². The first-order valence-corrected chi connectivity index (χ1v) is 9.16. The summed E-state index contributed by atoms with van der Waals surface area (Å²) in [6.07, 6.45) is 3.90. The number of nitrogens with one attached hydrogen (secondary N) is 1. The third-order valence-corrected chi connectivity index (χ3v) is 4.35. The summed E-state index contributed by atoms with van der Waals surface area (Å²) in [4.78, 5) is 15.9. The van der Waals surface area contributed by atoms with E-state index in [0.717, 1.165) is 8.95 Å². The van der Waals surface area contributed by atoms with Crippen LogP contribution in [0.1, 0.15) is 17.3 Å². The number of aromatic nitrogens is 1. The molecule has 2 N–H and O–H groups in total. The Hall–Kier alpha value is -1.70. The van der Waals surface area contributed by atoms with Crippen molar-refractivity contribution >= 4 is 37.6 Å². The van der Waals surface area contributed by atoms with E-state index in [1.54, 1.807) is 25.3 Å². The van der Waals surface area contributed by atoms with Gasteiger partial charge in [-0.15, -0.1) is 0 Å². The molecule has 1 heterocycles. The van der Waals surface area contributed by atoms with Gasteiger partial charge in [-0.05, 0) is 53.2 Å². The molecule has 1 unspecified atom stereocenters. The van der Waals surface area contributed by atoms with E-state index in [0.29, 0.717) is 17.0 Å². The molecule has 0 spiro atoms. The first-order chi connectivity index (χ1) is 12.0. The van der Waals surface area contributed by atoms with Crippen LogP contribution in [0.25, 0.3) is 0 Å². The van der Waals surface area contributed by atoms with E-state index in [9.17, 15) is 9.90 Å². The number of carbonyl (C=O) groups is 1. The van der Waals surface area contributed by atoms with Gasteiger partial charge in [0.1, 0.15) is 18.5 Å². The molecule has 0 aliphatic rings. The number of hydrogen-bond donors (Lipinski definition) is 2. The van der Waals surface area contributed by atoms with E-state index in [4.69, 9.17) is 4.74 Å². The second-order valence-electron chi connectivity index (χ2n) is 5.35. The van der Waals surface area contributed by atoms with Crippen molar-refractivity contribution in [2.24, 2.45) is 0 Å². The Bertz CT molecular complexity index is 751. The number of pyridine rings is 1. The lowest BCUT2D eigenvalue weighted by Gasteiger charge is -2.15. The van der Waals surface area contributed by atoms with E-state index in [1.165, 1.54) is 12.3 Å². The standard InChI is InChI=1S/C18H18Br2N2O3/c1-12(7-17(24)13-3-2-6-21-9-13)22-10-15(23)11-25-18-5-4-14(19)8-16(18)20/h2-9,15,22-23H,10-11H2,1H3. The first kappa shape index (κ1) is 19.6. The number of ether oxygens (including phenoxy) is 1. The second kappa shape index (κ2) is 9.70. The molecule has 0 radical (unpaired) electrons. The van der Waals surface area contributed by atoms with Crippen molar-refractivity contribution in [3.63, 3.8) is 0 Å². The number of nitrogens with zero attached hydrogens (tertiary/aromatic N) is 1. The number of ketones is 1. The van der Waals surface area contributed by atoms with Crippen molar-refractivity contribution in [1.82, 2.24) is 10.3 Å². The summed E-state index contributed by atoms with van der Waals surface area (Å²) >= 11 is 6.78. The minimum atomic E-state index is -0.715. The Morgan fingerprint density at radius 1 is 1.40 bits per heavy atom. The summed E-state index contributed by atoms with van der Waals surface area (Å²) in [6.45, 7) is 2.18. The Morgan fingerprint density at radius 3 is 2.88 bits per heavy atom. The average molecular weight is 470 g/mol. The molecule has 0 bridgehead atoms. The van der Waals surface area contributed by atoms with Crippen molar-refractivity contribution in [2.45, 2.75) is 13.0 Å². The number of aliphatic hydroxyl groups is 1. The zero-order valence-electron chi connectivity index (χ0n) is 13.6. The topological polar surface area (TPSA) is 71.5 Å². The van der Waals surface area contributed by atoms with Gasteiger partial charge in [-0.2, -0.15) is 0 Å². The minimum absolute atomic E-state index is 0.136. The lowest BCUT2D eigenvalue weighted by molar-refractivity contribution is 0.103. The van der Waals surface area contributed by atoms with Crippen molar-refractivity contribution in [1.29, 1.82) is 0 Å². The van der Waals surface area contributed by atoms with Gasteiger partial charge in [0, 0.05) is 40.7 Å². The normalized spacial score (nSPS) is 12.6. The van der Waals surface area contributed by atoms with Gasteiger partial charge in [-0.1, -0.05) is 15.9 Å². The Morgan fingerprint density at radius 2 is 2.20 bits per heavy atom. The number of allylic oxidation sites excluding steroid dienone is 2. The van der Waals surface area contributed by atoms with Crippen LogP contribution < -0.4 is 10.1 Å². The summed E-state index contributed by atoms with van der Waals surface area (Å²) in [6, 6.07) is 8.97. The molecule has 7 heteroatoms. The van der Waals surface area contributed by atoms with Crippen LogP contribution in [-0.4, -0.2) is 35.1 Å². The monoisotopic (exact) mass is 468 g/mol. The first-order valence-electron chi connectivity index (χ1n) is 7.58. The van der Waals surface area contributed by atoms with E-state index < -0.39 is 6.10 Å². The highest BCUT2D eigenvalue weighted by Gasteiger charge is 2.08. The molecule has 1 atom stereocenters. The molecule has 2 rings (SSSR count). The minimum Gasteiger partial charge on any atom is -0.490 e. The van der Waals surface area contributed by atoms with Gasteiger partial charge < -0.3 is 15.2 Å². The number of carbonyl (C=O) groups excluding carboxylic acids is 1. The van der Waals surface area contributed by atoms with Crippen LogP contribution in [0, 0.1) is 0 Å².